The molecule has 1 aromatic heterocycles. The van der Waals surface area contributed by atoms with E-state index in [9.17, 15) is 13.2 Å². The number of carbonyl (C=O) groups is 1. The molecule has 17 heavy (non-hydrogen) atoms. The summed E-state index contributed by atoms with van der Waals surface area (Å²) in [4.78, 5) is 10.5. The summed E-state index contributed by atoms with van der Waals surface area (Å²) in [6, 6.07) is 0. The van der Waals surface area contributed by atoms with Crippen molar-refractivity contribution in [2.24, 2.45) is 0 Å². The molecule has 1 aromatic rings. The van der Waals surface area contributed by atoms with Gasteiger partial charge in [-0.1, -0.05) is 0 Å². The molecule has 7 nitrogen and oxygen atoms in total. The Balaban J connectivity index is 2.09. The second kappa shape index (κ2) is 4.46. The molecule has 2 heterocycles. The zero-order valence-corrected chi connectivity index (χ0v) is 9.93. The maximum atomic E-state index is 11.9. The number of aromatic nitrogens is 2. The van der Waals surface area contributed by atoms with Crippen molar-refractivity contribution in [2.75, 3.05) is 13.1 Å². The van der Waals surface area contributed by atoms with Gasteiger partial charge in [0.2, 0.25) is 10.0 Å². The molecule has 1 saturated heterocycles. The van der Waals surface area contributed by atoms with Crippen LogP contribution in [0.25, 0.3) is 0 Å². The van der Waals surface area contributed by atoms with Gasteiger partial charge in [-0.3, -0.25) is 9.48 Å². The fourth-order valence-electron chi connectivity index (χ4n) is 1.49. The van der Waals surface area contributed by atoms with E-state index in [1.54, 1.807) is 0 Å². The molecule has 94 valence electrons. The Kier molecular flexibility index (Phi) is 3.16. The summed E-state index contributed by atoms with van der Waals surface area (Å²) in [5.74, 6) is -0.937. The van der Waals surface area contributed by atoms with Gasteiger partial charge in [0.05, 0.1) is 19.2 Å². The molecule has 0 atom stereocenters. The summed E-state index contributed by atoms with van der Waals surface area (Å²) in [6.45, 7) is 1.26. The van der Waals surface area contributed by atoms with Gasteiger partial charge in [-0.05, 0) is 6.42 Å². The molecule has 1 aliphatic rings. The molecular formula is C9H13N3O4S. The summed E-state index contributed by atoms with van der Waals surface area (Å²) in [5.41, 5.74) is 0. The van der Waals surface area contributed by atoms with Crippen LogP contribution in [0.15, 0.2) is 17.3 Å². The van der Waals surface area contributed by atoms with Gasteiger partial charge >= 0.3 is 5.97 Å². The quantitative estimate of drug-likeness (QED) is 0.787. The standard InChI is InChI=1S/C9H13N3O4S/c13-9(14)2-5-11-7-8(6-10-11)17(15,16)12-3-1-4-12/h6-7H,1-5H2,(H,13,14). The lowest BCUT2D eigenvalue weighted by molar-refractivity contribution is -0.137. The first-order valence-corrected chi connectivity index (χ1v) is 6.68. The Hall–Kier alpha value is -1.41. The molecule has 0 aliphatic carbocycles. The molecule has 0 unspecified atom stereocenters. The van der Waals surface area contributed by atoms with Gasteiger partial charge in [-0.2, -0.15) is 9.40 Å². The summed E-state index contributed by atoms with van der Waals surface area (Å²) >= 11 is 0. The Morgan fingerprint density at radius 2 is 2.18 bits per heavy atom. The van der Waals surface area contributed by atoms with Crippen molar-refractivity contribution in [2.45, 2.75) is 24.3 Å². The third-order valence-corrected chi connectivity index (χ3v) is 4.47. The number of nitrogens with zero attached hydrogens (tertiary/aromatic N) is 3. The van der Waals surface area contributed by atoms with Gasteiger partial charge in [0.25, 0.3) is 0 Å². The summed E-state index contributed by atoms with van der Waals surface area (Å²) in [5, 5.41) is 12.4. The highest BCUT2D eigenvalue weighted by atomic mass is 32.2. The van der Waals surface area contributed by atoms with Crippen LogP contribution in [-0.4, -0.2) is 46.7 Å². The van der Waals surface area contributed by atoms with Crippen LogP contribution in [0.3, 0.4) is 0 Å². The van der Waals surface area contributed by atoms with Gasteiger partial charge in [0, 0.05) is 19.3 Å². The monoisotopic (exact) mass is 259 g/mol. The molecule has 0 amide bonds. The smallest absolute Gasteiger partial charge is 0.305 e. The van der Waals surface area contributed by atoms with Crippen LogP contribution in [0.1, 0.15) is 12.8 Å². The van der Waals surface area contributed by atoms with E-state index < -0.39 is 16.0 Å². The van der Waals surface area contributed by atoms with Crippen molar-refractivity contribution in [3.8, 4) is 0 Å². The van der Waals surface area contributed by atoms with Crippen LogP contribution < -0.4 is 0 Å². The normalized spacial score (nSPS) is 16.7. The predicted molar refractivity (Wildman–Crippen MR) is 57.9 cm³/mol. The van der Waals surface area contributed by atoms with E-state index >= 15 is 0 Å². The molecule has 1 aliphatic heterocycles. The number of rotatable bonds is 5. The van der Waals surface area contributed by atoms with Crippen LogP contribution in [-0.2, 0) is 21.4 Å². The molecule has 1 fully saturated rings. The summed E-state index contributed by atoms with van der Waals surface area (Å²) in [7, 11) is -3.42. The zero-order valence-electron chi connectivity index (χ0n) is 9.11. The number of sulfonamides is 1. The van der Waals surface area contributed by atoms with Gasteiger partial charge in [-0.15, -0.1) is 0 Å². The lowest BCUT2D eigenvalue weighted by atomic mass is 10.3. The van der Waals surface area contributed by atoms with Gasteiger partial charge in [-0.25, -0.2) is 8.42 Å². The van der Waals surface area contributed by atoms with Crippen molar-refractivity contribution in [3.63, 3.8) is 0 Å². The number of carboxylic acid groups (broad SMARTS) is 1. The summed E-state index contributed by atoms with van der Waals surface area (Å²) in [6.07, 6.45) is 3.43. The maximum absolute atomic E-state index is 11.9. The van der Waals surface area contributed by atoms with Crippen molar-refractivity contribution in [1.82, 2.24) is 14.1 Å². The first kappa shape index (κ1) is 12.1. The van der Waals surface area contributed by atoms with E-state index in [0.717, 1.165) is 6.42 Å². The highest BCUT2D eigenvalue weighted by Gasteiger charge is 2.30. The van der Waals surface area contributed by atoms with Crippen LogP contribution >= 0.6 is 0 Å². The molecule has 2 rings (SSSR count). The SMILES string of the molecule is O=C(O)CCn1cc(S(=O)(=O)N2CCC2)cn1. The number of aliphatic carboxylic acids is 1. The van der Waals surface area contributed by atoms with E-state index in [4.69, 9.17) is 5.11 Å². The second-order valence-electron chi connectivity index (χ2n) is 3.84. The molecule has 0 radical (unpaired) electrons. The van der Waals surface area contributed by atoms with E-state index in [1.165, 1.54) is 21.4 Å². The van der Waals surface area contributed by atoms with Gasteiger partial charge in [0.15, 0.2) is 0 Å². The van der Waals surface area contributed by atoms with Crippen molar-refractivity contribution in [1.29, 1.82) is 0 Å². The molecular weight excluding hydrogens is 246 g/mol. The lowest BCUT2D eigenvalue weighted by Gasteiger charge is -2.28. The van der Waals surface area contributed by atoms with Crippen LogP contribution in [0, 0.1) is 0 Å². The van der Waals surface area contributed by atoms with Gasteiger partial charge < -0.3 is 5.11 Å². The van der Waals surface area contributed by atoms with E-state index in [2.05, 4.69) is 5.10 Å². The van der Waals surface area contributed by atoms with Crippen molar-refractivity contribution >= 4 is 16.0 Å². The minimum atomic E-state index is -3.42. The topological polar surface area (TPSA) is 92.5 Å². The number of carboxylic acids is 1. The van der Waals surface area contributed by atoms with Crippen LogP contribution in [0.5, 0.6) is 0 Å². The van der Waals surface area contributed by atoms with Crippen molar-refractivity contribution < 1.29 is 18.3 Å². The Labute approximate surface area is 98.7 Å². The molecule has 0 spiro atoms. The first-order valence-electron chi connectivity index (χ1n) is 5.24. The van der Waals surface area contributed by atoms with Crippen LogP contribution in [0.2, 0.25) is 0 Å². The zero-order chi connectivity index (χ0) is 12.5. The lowest BCUT2D eigenvalue weighted by Crippen LogP contribution is -2.41. The minimum absolute atomic E-state index is 0.0785. The highest BCUT2D eigenvalue weighted by Crippen LogP contribution is 2.20. The number of aryl methyl sites for hydroxylation is 1. The van der Waals surface area contributed by atoms with Crippen LogP contribution in [0.4, 0.5) is 0 Å². The minimum Gasteiger partial charge on any atom is -0.481 e. The highest BCUT2D eigenvalue weighted by molar-refractivity contribution is 7.89. The third kappa shape index (κ3) is 2.47. The number of hydrogen-bond donors (Lipinski definition) is 1. The molecule has 0 aromatic carbocycles. The average molecular weight is 259 g/mol. The largest absolute Gasteiger partial charge is 0.481 e. The Morgan fingerprint density at radius 1 is 1.47 bits per heavy atom. The fraction of sp³-hybridized carbons (Fsp3) is 0.556. The third-order valence-electron chi connectivity index (χ3n) is 2.62. The fourth-order valence-corrected chi connectivity index (χ4v) is 2.96. The molecule has 1 N–H and O–H groups in total. The van der Waals surface area contributed by atoms with Crippen molar-refractivity contribution in [3.05, 3.63) is 12.4 Å². The van der Waals surface area contributed by atoms with E-state index in [0.29, 0.717) is 13.1 Å². The van der Waals surface area contributed by atoms with E-state index in [1.807, 2.05) is 0 Å². The molecule has 0 bridgehead atoms. The Morgan fingerprint density at radius 3 is 2.71 bits per heavy atom. The Bertz CT molecular complexity index is 518. The average Bonchev–Trinajstić information content (AvgIpc) is 2.59. The predicted octanol–water partition coefficient (Wildman–Crippen LogP) is -0.248. The number of hydrogen-bond acceptors (Lipinski definition) is 4. The summed E-state index contributed by atoms with van der Waals surface area (Å²) < 4.78 is 26.6. The second-order valence-corrected chi connectivity index (χ2v) is 5.78. The molecule has 8 heteroatoms. The maximum Gasteiger partial charge on any atom is 0.305 e. The molecule has 0 saturated carbocycles. The van der Waals surface area contributed by atoms with E-state index in [-0.39, 0.29) is 17.9 Å². The van der Waals surface area contributed by atoms with Gasteiger partial charge in [0.1, 0.15) is 4.90 Å². The first-order chi connectivity index (χ1) is 8.00.